The Morgan fingerprint density at radius 1 is 1.28 bits per heavy atom. The number of hydrogen-bond donors (Lipinski definition) is 1. The molecule has 1 heterocycles. The second-order valence-electron chi connectivity index (χ2n) is 3.50. The number of rotatable bonds is 4. The fourth-order valence-corrected chi connectivity index (χ4v) is 2.73. The molecule has 2 rings (SSSR count). The number of thiophene rings is 1. The molecule has 0 saturated carbocycles. The number of ether oxygens (including phenoxy) is 1. The lowest BCUT2D eigenvalue weighted by Crippen LogP contribution is -2.11. The summed E-state index contributed by atoms with van der Waals surface area (Å²) in [5, 5.41) is 0.578. The Bertz CT molecular complexity index is 583. The van der Waals surface area contributed by atoms with Crippen molar-refractivity contribution in [1.29, 1.82) is 0 Å². The molecular formula is C12H9Cl2NOS2. The second-order valence-corrected chi connectivity index (χ2v) is 6.18. The predicted octanol–water partition coefficient (Wildman–Crippen LogP) is 4.27. The molecule has 18 heavy (non-hydrogen) atoms. The molecule has 0 aliphatic rings. The minimum atomic E-state index is 0.283. The van der Waals surface area contributed by atoms with Crippen LogP contribution in [0.4, 0.5) is 0 Å². The van der Waals surface area contributed by atoms with Crippen molar-refractivity contribution < 1.29 is 4.74 Å². The van der Waals surface area contributed by atoms with Gasteiger partial charge >= 0.3 is 0 Å². The maximum atomic E-state index is 5.92. The van der Waals surface area contributed by atoms with Gasteiger partial charge in [0.25, 0.3) is 0 Å². The highest BCUT2D eigenvalue weighted by Gasteiger charge is 2.08. The van der Waals surface area contributed by atoms with Crippen molar-refractivity contribution in [3.05, 3.63) is 50.1 Å². The quantitative estimate of drug-likeness (QED) is 0.855. The van der Waals surface area contributed by atoms with Gasteiger partial charge in [-0.05, 0) is 30.3 Å². The standard InChI is InChI=1S/C12H9Cl2NOS2/c13-7-1-3-9(12(15)17)10(5-7)16-6-8-2-4-11(14)18-8/h1-5H,6H2,(H2,15,17). The van der Waals surface area contributed by atoms with Crippen LogP contribution in [-0.4, -0.2) is 4.99 Å². The van der Waals surface area contributed by atoms with Gasteiger partial charge in [0.05, 0.1) is 9.90 Å². The zero-order chi connectivity index (χ0) is 13.1. The Kier molecular flexibility index (Phi) is 4.45. The lowest BCUT2D eigenvalue weighted by Gasteiger charge is -2.10. The van der Waals surface area contributed by atoms with Crippen LogP contribution in [0.15, 0.2) is 30.3 Å². The van der Waals surface area contributed by atoms with E-state index in [0.717, 1.165) is 9.21 Å². The van der Waals surface area contributed by atoms with Crippen LogP contribution in [0.5, 0.6) is 5.75 Å². The molecule has 0 aliphatic carbocycles. The van der Waals surface area contributed by atoms with E-state index >= 15 is 0 Å². The molecule has 0 radical (unpaired) electrons. The van der Waals surface area contributed by atoms with Gasteiger partial charge in [-0.3, -0.25) is 0 Å². The molecule has 94 valence electrons. The summed E-state index contributed by atoms with van der Waals surface area (Å²) < 4.78 is 6.41. The lowest BCUT2D eigenvalue weighted by molar-refractivity contribution is 0.309. The van der Waals surface area contributed by atoms with Crippen molar-refractivity contribution in [3.63, 3.8) is 0 Å². The SMILES string of the molecule is NC(=S)c1ccc(Cl)cc1OCc1ccc(Cl)s1. The Morgan fingerprint density at radius 2 is 2.06 bits per heavy atom. The lowest BCUT2D eigenvalue weighted by atomic mass is 10.2. The van der Waals surface area contributed by atoms with E-state index in [1.165, 1.54) is 11.3 Å². The third-order valence-electron chi connectivity index (χ3n) is 2.21. The summed E-state index contributed by atoms with van der Waals surface area (Å²) in [4.78, 5) is 1.31. The van der Waals surface area contributed by atoms with E-state index in [-0.39, 0.29) is 4.99 Å². The minimum absolute atomic E-state index is 0.283. The molecule has 0 unspecified atom stereocenters. The van der Waals surface area contributed by atoms with Crippen molar-refractivity contribution >= 4 is 51.7 Å². The van der Waals surface area contributed by atoms with Gasteiger partial charge in [0.1, 0.15) is 17.3 Å². The molecule has 0 bridgehead atoms. The topological polar surface area (TPSA) is 35.2 Å². The monoisotopic (exact) mass is 317 g/mol. The first-order chi connectivity index (χ1) is 8.56. The van der Waals surface area contributed by atoms with Crippen molar-refractivity contribution in [2.75, 3.05) is 0 Å². The molecule has 2 N–H and O–H groups in total. The molecule has 0 fully saturated rings. The van der Waals surface area contributed by atoms with Gasteiger partial charge in [0, 0.05) is 9.90 Å². The highest BCUT2D eigenvalue weighted by molar-refractivity contribution is 7.80. The third kappa shape index (κ3) is 3.36. The molecule has 0 amide bonds. The van der Waals surface area contributed by atoms with E-state index in [0.29, 0.717) is 22.9 Å². The normalized spacial score (nSPS) is 10.3. The van der Waals surface area contributed by atoms with E-state index in [1.807, 2.05) is 12.1 Å². The van der Waals surface area contributed by atoms with Crippen LogP contribution >= 0.6 is 46.8 Å². The molecule has 1 aromatic heterocycles. The van der Waals surface area contributed by atoms with Gasteiger partial charge in [-0.1, -0.05) is 35.4 Å². The summed E-state index contributed by atoms with van der Waals surface area (Å²) in [6.07, 6.45) is 0. The molecule has 6 heteroatoms. The fourth-order valence-electron chi connectivity index (χ4n) is 1.40. The van der Waals surface area contributed by atoms with Crippen molar-refractivity contribution in [3.8, 4) is 5.75 Å². The predicted molar refractivity (Wildman–Crippen MR) is 81.0 cm³/mol. The van der Waals surface area contributed by atoms with E-state index < -0.39 is 0 Å². The average molecular weight is 318 g/mol. The van der Waals surface area contributed by atoms with Crippen molar-refractivity contribution in [2.24, 2.45) is 5.73 Å². The summed E-state index contributed by atoms with van der Waals surface area (Å²) in [6, 6.07) is 8.92. The third-order valence-corrected chi connectivity index (χ3v) is 3.87. The highest BCUT2D eigenvalue weighted by Crippen LogP contribution is 2.26. The first-order valence-corrected chi connectivity index (χ1v) is 7.00. The first-order valence-electron chi connectivity index (χ1n) is 5.02. The number of nitrogens with two attached hydrogens (primary N) is 1. The summed E-state index contributed by atoms with van der Waals surface area (Å²) >= 11 is 18.2. The van der Waals surface area contributed by atoms with Crippen molar-refractivity contribution in [2.45, 2.75) is 6.61 Å². The molecular weight excluding hydrogens is 309 g/mol. The average Bonchev–Trinajstić information content (AvgIpc) is 2.72. The first kappa shape index (κ1) is 13.6. The summed E-state index contributed by atoms with van der Waals surface area (Å²) in [7, 11) is 0. The Hall–Kier alpha value is -0.810. The van der Waals surface area contributed by atoms with Gasteiger partial charge in [0.15, 0.2) is 0 Å². The largest absolute Gasteiger partial charge is 0.487 e. The fraction of sp³-hybridized carbons (Fsp3) is 0.0833. The second kappa shape index (κ2) is 5.89. The van der Waals surface area contributed by atoms with Crippen LogP contribution in [-0.2, 0) is 6.61 Å². The molecule has 0 aliphatic heterocycles. The maximum Gasteiger partial charge on any atom is 0.131 e. The van der Waals surface area contributed by atoms with E-state index in [4.69, 9.17) is 45.9 Å². The molecule has 2 aromatic rings. The van der Waals surface area contributed by atoms with Crippen molar-refractivity contribution in [1.82, 2.24) is 0 Å². The van der Waals surface area contributed by atoms with Crippen LogP contribution in [0.1, 0.15) is 10.4 Å². The van der Waals surface area contributed by atoms with Crippen LogP contribution < -0.4 is 10.5 Å². The zero-order valence-electron chi connectivity index (χ0n) is 9.15. The Morgan fingerprint density at radius 3 is 2.67 bits per heavy atom. The molecule has 0 spiro atoms. The molecule has 0 atom stereocenters. The maximum absolute atomic E-state index is 5.92. The highest BCUT2D eigenvalue weighted by atomic mass is 35.5. The van der Waals surface area contributed by atoms with Crippen LogP contribution in [0.25, 0.3) is 0 Å². The van der Waals surface area contributed by atoms with E-state index in [9.17, 15) is 0 Å². The molecule has 0 saturated heterocycles. The molecule has 1 aromatic carbocycles. The smallest absolute Gasteiger partial charge is 0.131 e. The van der Waals surface area contributed by atoms with Gasteiger partial charge < -0.3 is 10.5 Å². The Labute approximate surface area is 124 Å². The number of hydrogen-bond acceptors (Lipinski definition) is 3. The summed E-state index contributed by atoms with van der Waals surface area (Å²) in [5.41, 5.74) is 6.31. The van der Waals surface area contributed by atoms with Gasteiger partial charge in [-0.15, -0.1) is 11.3 Å². The van der Waals surface area contributed by atoms with Gasteiger partial charge in [0.2, 0.25) is 0 Å². The van der Waals surface area contributed by atoms with Crippen LogP contribution in [0.3, 0.4) is 0 Å². The van der Waals surface area contributed by atoms with Gasteiger partial charge in [-0.25, -0.2) is 0 Å². The van der Waals surface area contributed by atoms with Crippen LogP contribution in [0.2, 0.25) is 9.36 Å². The Balaban J connectivity index is 2.17. The summed E-state index contributed by atoms with van der Waals surface area (Å²) in [6.45, 7) is 0.410. The number of thiocarbonyl (C=S) groups is 1. The zero-order valence-corrected chi connectivity index (χ0v) is 12.3. The summed E-state index contributed by atoms with van der Waals surface area (Å²) in [5.74, 6) is 0.583. The number of halogens is 2. The molecule has 2 nitrogen and oxygen atoms in total. The van der Waals surface area contributed by atoms with E-state index in [2.05, 4.69) is 0 Å². The van der Waals surface area contributed by atoms with Crippen LogP contribution in [0, 0.1) is 0 Å². The van der Waals surface area contributed by atoms with E-state index in [1.54, 1.807) is 18.2 Å². The van der Waals surface area contributed by atoms with Gasteiger partial charge in [-0.2, -0.15) is 0 Å². The number of benzene rings is 1. The minimum Gasteiger partial charge on any atom is -0.487 e.